The van der Waals surface area contributed by atoms with Gasteiger partial charge in [-0.3, -0.25) is 4.79 Å². The first-order chi connectivity index (χ1) is 12.9. The summed E-state index contributed by atoms with van der Waals surface area (Å²) in [6.45, 7) is 5.47. The number of carbonyl (C=O) groups excluding carboxylic acids is 1. The quantitative estimate of drug-likeness (QED) is 0.449. The van der Waals surface area contributed by atoms with Crippen LogP contribution in [0.15, 0.2) is 10.3 Å². The van der Waals surface area contributed by atoms with E-state index in [1.165, 1.54) is 0 Å². The molecular weight excluding hydrogens is 342 g/mol. The molecule has 4 aliphatic carbocycles. The van der Waals surface area contributed by atoms with Crippen LogP contribution in [0.25, 0.3) is 0 Å². The van der Waals surface area contributed by atoms with Gasteiger partial charge < -0.3 is 15.8 Å². The molecule has 0 aliphatic heterocycles. The lowest BCUT2D eigenvalue weighted by atomic mass is 9.45. The van der Waals surface area contributed by atoms with Gasteiger partial charge in [-0.25, -0.2) is 0 Å². The smallest absolute Gasteiger partial charge is 0.139 e. The van der Waals surface area contributed by atoms with Crippen molar-refractivity contribution < 1.29 is 14.8 Å². The molecule has 6 heteroatoms. The van der Waals surface area contributed by atoms with Crippen LogP contribution in [0.5, 0.6) is 0 Å². The highest BCUT2D eigenvalue weighted by molar-refractivity contribution is 5.96. The lowest BCUT2D eigenvalue weighted by Gasteiger charge is -2.59. The Morgan fingerprint density at radius 1 is 1.19 bits per heavy atom. The summed E-state index contributed by atoms with van der Waals surface area (Å²) in [5, 5.41) is 17.9. The van der Waals surface area contributed by atoms with Crippen molar-refractivity contribution in [2.45, 2.75) is 65.2 Å². The van der Waals surface area contributed by atoms with Crippen LogP contribution in [0.2, 0.25) is 0 Å². The minimum absolute atomic E-state index is 0.115. The normalized spacial score (nSPS) is 46.9. The first kappa shape index (κ1) is 18.9. The number of nitrogens with two attached hydrogens (primary N) is 1. The monoisotopic (exact) mass is 375 g/mol. The summed E-state index contributed by atoms with van der Waals surface area (Å²) in [6, 6.07) is 0. The molecule has 3 N–H and O–H groups in total. The second-order valence-corrected chi connectivity index (χ2v) is 9.63. The van der Waals surface area contributed by atoms with Crippen molar-refractivity contribution in [1.82, 2.24) is 0 Å². The van der Waals surface area contributed by atoms with E-state index in [2.05, 4.69) is 24.2 Å². The molecule has 0 aromatic carbocycles. The highest BCUT2D eigenvalue weighted by Crippen LogP contribution is 2.64. The third-order valence-electron chi connectivity index (χ3n) is 8.56. The fourth-order valence-corrected chi connectivity index (χ4v) is 7.03. The molecule has 0 heterocycles. The van der Waals surface area contributed by atoms with Gasteiger partial charge in [0.15, 0.2) is 0 Å². The SMILES string of the molecule is C[C@]12CC/C(=N\OCCN)C[C@@H]1/C(=N/O)C[C@@H]1[C@@H]2CC[C@]2(C)C(=O)CC[C@@H]12. The molecule has 0 spiro atoms. The Bertz CT molecular complexity index is 676. The summed E-state index contributed by atoms with van der Waals surface area (Å²) in [7, 11) is 0. The fourth-order valence-electron chi connectivity index (χ4n) is 7.03. The summed E-state index contributed by atoms with van der Waals surface area (Å²) in [5.41, 5.74) is 7.41. The maximum absolute atomic E-state index is 12.6. The van der Waals surface area contributed by atoms with E-state index in [1.807, 2.05) is 0 Å². The molecule has 150 valence electrons. The molecule has 0 radical (unpaired) electrons. The van der Waals surface area contributed by atoms with Crippen molar-refractivity contribution >= 4 is 17.2 Å². The second-order valence-electron chi connectivity index (χ2n) is 9.63. The number of hydrogen-bond acceptors (Lipinski definition) is 6. The van der Waals surface area contributed by atoms with Gasteiger partial charge in [-0.05, 0) is 68.1 Å². The fraction of sp³-hybridized carbons (Fsp3) is 0.857. The number of Topliss-reactive ketones (excluding diaryl/α,β-unsaturated/α-hetero) is 1. The van der Waals surface area contributed by atoms with Gasteiger partial charge >= 0.3 is 0 Å². The minimum Gasteiger partial charge on any atom is -0.411 e. The Kier molecular flexibility index (Phi) is 4.81. The Hall–Kier alpha value is -1.43. The van der Waals surface area contributed by atoms with Crippen molar-refractivity contribution in [3.05, 3.63) is 0 Å². The Morgan fingerprint density at radius 3 is 2.74 bits per heavy atom. The number of oxime groups is 2. The van der Waals surface area contributed by atoms with E-state index >= 15 is 0 Å². The van der Waals surface area contributed by atoms with Gasteiger partial charge in [-0.15, -0.1) is 0 Å². The van der Waals surface area contributed by atoms with E-state index in [9.17, 15) is 10.0 Å². The van der Waals surface area contributed by atoms with Gasteiger partial charge in [-0.2, -0.15) is 0 Å². The molecule has 6 nitrogen and oxygen atoms in total. The number of carbonyl (C=O) groups is 1. The Balaban J connectivity index is 1.61. The summed E-state index contributed by atoms with van der Waals surface area (Å²) in [4.78, 5) is 17.9. The lowest BCUT2D eigenvalue weighted by Crippen LogP contribution is -2.56. The largest absolute Gasteiger partial charge is 0.411 e. The zero-order chi connectivity index (χ0) is 19.2. The molecule has 0 aromatic heterocycles. The summed E-state index contributed by atoms with van der Waals surface area (Å²) < 4.78 is 0. The maximum Gasteiger partial charge on any atom is 0.139 e. The van der Waals surface area contributed by atoms with Gasteiger partial charge in [0.05, 0.1) is 11.4 Å². The van der Waals surface area contributed by atoms with Crippen LogP contribution in [0.3, 0.4) is 0 Å². The van der Waals surface area contributed by atoms with Crippen LogP contribution in [-0.4, -0.2) is 35.6 Å². The van der Waals surface area contributed by atoms with Crippen LogP contribution < -0.4 is 5.73 Å². The van der Waals surface area contributed by atoms with Crippen molar-refractivity contribution in [2.24, 2.45) is 50.5 Å². The van der Waals surface area contributed by atoms with Crippen molar-refractivity contribution in [1.29, 1.82) is 0 Å². The third kappa shape index (κ3) is 2.82. The van der Waals surface area contributed by atoms with Gasteiger partial charge in [-0.1, -0.05) is 24.2 Å². The topological polar surface area (TPSA) is 97.3 Å². The van der Waals surface area contributed by atoms with E-state index in [0.717, 1.165) is 62.8 Å². The number of ketones is 1. The van der Waals surface area contributed by atoms with E-state index < -0.39 is 0 Å². The van der Waals surface area contributed by atoms with Crippen LogP contribution >= 0.6 is 0 Å². The Morgan fingerprint density at radius 2 is 2.00 bits per heavy atom. The molecule has 4 rings (SSSR count). The second kappa shape index (κ2) is 6.87. The zero-order valence-corrected chi connectivity index (χ0v) is 16.6. The maximum atomic E-state index is 12.6. The van der Waals surface area contributed by atoms with E-state index in [-0.39, 0.29) is 16.7 Å². The van der Waals surface area contributed by atoms with Gasteiger partial charge in [0.1, 0.15) is 12.4 Å². The lowest BCUT2D eigenvalue weighted by molar-refractivity contribution is -0.133. The molecule has 4 saturated carbocycles. The van der Waals surface area contributed by atoms with Crippen molar-refractivity contribution in [3.8, 4) is 0 Å². The highest BCUT2D eigenvalue weighted by Gasteiger charge is 2.61. The molecule has 0 saturated heterocycles. The Labute approximate surface area is 161 Å². The van der Waals surface area contributed by atoms with E-state index in [1.54, 1.807) is 0 Å². The van der Waals surface area contributed by atoms with E-state index in [4.69, 9.17) is 10.6 Å². The number of rotatable bonds is 3. The summed E-state index contributed by atoms with van der Waals surface area (Å²) >= 11 is 0. The van der Waals surface area contributed by atoms with Crippen LogP contribution in [0.4, 0.5) is 0 Å². The van der Waals surface area contributed by atoms with Gasteiger partial charge in [0, 0.05) is 24.3 Å². The first-order valence-corrected chi connectivity index (χ1v) is 10.6. The summed E-state index contributed by atoms with van der Waals surface area (Å²) in [5.74, 6) is 2.19. The molecule has 4 aliphatic rings. The number of hydrogen-bond donors (Lipinski definition) is 2. The number of nitrogens with zero attached hydrogens (tertiary/aromatic N) is 2. The molecule has 4 fully saturated rings. The predicted molar refractivity (Wildman–Crippen MR) is 104 cm³/mol. The average molecular weight is 376 g/mol. The summed E-state index contributed by atoms with van der Waals surface area (Å²) in [6.07, 6.45) is 7.48. The van der Waals surface area contributed by atoms with Crippen molar-refractivity contribution in [2.75, 3.05) is 13.2 Å². The van der Waals surface area contributed by atoms with Crippen LogP contribution in [-0.2, 0) is 9.63 Å². The minimum atomic E-state index is -0.151. The molecule has 6 atom stereocenters. The molecule has 0 aromatic rings. The molecule has 0 bridgehead atoms. The highest BCUT2D eigenvalue weighted by atomic mass is 16.6. The predicted octanol–water partition coefficient (Wildman–Crippen LogP) is 3.37. The third-order valence-corrected chi connectivity index (χ3v) is 8.56. The molecular formula is C21H33N3O3. The zero-order valence-electron chi connectivity index (χ0n) is 16.6. The molecule has 0 amide bonds. The number of fused-ring (bicyclic) bond motifs is 5. The standard InChI is InChI=1S/C21H33N3O3/c1-20-7-5-13(24-27-10-9-22)11-17(20)18(23-26)12-14-15-3-4-19(25)21(15,2)8-6-16(14)20/h14-17,26H,3-12,22H2,1-2H3/b23-18+,24-13+/t14-,15-,16-,17+,20+,21-/m0/s1. The first-order valence-electron chi connectivity index (χ1n) is 10.6. The van der Waals surface area contributed by atoms with Gasteiger partial charge in [0.25, 0.3) is 0 Å². The van der Waals surface area contributed by atoms with E-state index in [0.29, 0.717) is 36.7 Å². The molecule has 0 unspecified atom stereocenters. The van der Waals surface area contributed by atoms with Crippen LogP contribution in [0, 0.1) is 34.5 Å². The van der Waals surface area contributed by atoms with Crippen LogP contribution in [0.1, 0.15) is 65.2 Å². The average Bonchev–Trinajstić information content (AvgIpc) is 2.96. The van der Waals surface area contributed by atoms with Gasteiger partial charge in [0.2, 0.25) is 0 Å². The van der Waals surface area contributed by atoms with Crippen molar-refractivity contribution in [3.63, 3.8) is 0 Å². The molecule has 27 heavy (non-hydrogen) atoms.